The number of hydrogen-bond acceptors (Lipinski definition) is 3. The molecule has 1 atom stereocenters. The Balaban J connectivity index is 2.14. The zero-order valence-corrected chi connectivity index (χ0v) is 17.7. The van der Waals surface area contributed by atoms with Gasteiger partial charge in [0.2, 0.25) is 5.91 Å². The zero-order chi connectivity index (χ0) is 27.2. The number of carbonyl (C=O) groups excluding carboxylic acids is 2. The van der Waals surface area contributed by atoms with Gasteiger partial charge in [0, 0.05) is 28.8 Å². The van der Waals surface area contributed by atoms with E-state index >= 15 is 0 Å². The van der Waals surface area contributed by atoms with E-state index in [1.807, 2.05) is 0 Å². The van der Waals surface area contributed by atoms with Crippen LogP contribution in [0, 0.1) is 5.82 Å². The maximum absolute atomic E-state index is 14.5. The van der Waals surface area contributed by atoms with Crippen molar-refractivity contribution in [3.63, 3.8) is 0 Å². The second kappa shape index (κ2) is 9.19. The Morgan fingerprint density at radius 1 is 1.08 bits per heavy atom. The molecule has 36 heavy (non-hydrogen) atoms. The minimum Gasteiger partial charge on any atom is -0.369 e. The largest absolute Gasteiger partial charge is 0.430 e. The highest BCUT2D eigenvalue weighted by Gasteiger charge is 2.71. The van der Waals surface area contributed by atoms with Crippen LogP contribution in [0.15, 0.2) is 36.4 Å². The van der Waals surface area contributed by atoms with E-state index in [0.29, 0.717) is 4.90 Å². The van der Waals surface area contributed by atoms with Crippen LogP contribution in [0.5, 0.6) is 0 Å². The molecule has 0 unspecified atom stereocenters. The molecule has 2 aromatic rings. The minimum atomic E-state index is -6.25. The molecule has 1 aliphatic heterocycles. The third-order valence-electron chi connectivity index (χ3n) is 5.57. The van der Waals surface area contributed by atoms with Gasteiger partial charge in [-0.15, -0.1) is 0 Å². The van der Waals surface area contributed by atoms with Gasteiger partial charge in [-0.3, -0.25) is 4.79 Å². The molecule has 2 aromatic carbocycles. The van der Waals surface area contributed by atoms with E-state index in [-0.39, 0.29) is 35.9 Å². The fourth-order valence-corrected chi connectivity index (χ4v) is 3.78. The third kappa shape index (κ3) is 4.79. The summed E-state index contributed by atoms with van der Waals surface area (Å²) in [5.74, 6) is -2.39. The van der Waals surface area contributed by atoms with Crippen molar-refractivity contribution >= 4 is 17.6 Å². The van der Waals surface area contributed by atoms with Gasteiger partial charge in [-0.2, -0.15) is 26.3 Å². The van der Waals surface area contributed by atoms with Crippen LogP contribution < -0.4 is 16.0 Å². The van der Waals surface area contributed by atoms with Crippen LogP contribution in [0.1, 0.15) is 28.7 Å². The molecule has 0 saturated heterocycles. The van der Waals surface area contributed by atoms with Gasteiger partial charge in [-0.25, -0.2) is 18.0 Å². The molecule has 6 nitrogen and oxygen atoms in total. The number of urea groups is 1. The van der Waals surface area contributed by atoms with Gasteiger partial charge in [-0.1, -0.05) is 18.2 Å². The van der Waals surface area contributed by atoms with Gasteiger partial charge in [-0.05, 0) is 23.8 Å². The molecule has 4 N–H and O–H groups in total. The van der Waals surface area contributed by atoms with E-state index in [9.17, 15) is 54.2 Å². The number of carbonyl (C=O) groups is 2. The van der Waals surface area contributed by atoms with Crippen LogP contribution in [-0.2, 0) is 23.4 Å². The molecule has 0 aliphatic carbocycles. The lowest BCUT2D eigenvalue weighted by atomic mass is 9.90. The first-order chi connectivity index (χ1) is 16.5. The number of aliphatic hydroxyl groups is 1. The average Bonchev–Trinajstić information content (AvgIpc) is 2.75. The van der Waals surface area contributed by atoms with E-state index in [1.54, 1.807) is 0 Å². The Labute approximate surface area is 196 Å². The molecule has 15 heteroatoms. The normalized spacial score (nSPS) is 16.8. The molecule has 0 spiro atoms. The molecule has 1 aliphatic rings. The topological polar surface area (TPSA) is 95.7 Å². The van der Waals surface area contributed by atoms with Crippen molar-refractivity contribution in [2.24, 2.45) is 5.73 Å². The quantitative estimate of drug-likeness (QED) is 0.507. The number of nitrogens with one attached hydrogen (secondary N) is 1. The maximum atomic E-state index is 14.5. The number of amides is 3. The highest BCUT2D eigenvalue weighted by molar-refractivity contribution is 6.01. The van der Waals surface area contributed by atoms with Crippen LogP contribution >= 0.6 is 0 Å². The average molecular weight is 529 g/mol. The summed E-state index contributed by atoms with van der Waals surface area (Å²) >= 11 is 0. The number of fused-ring (bicyclic) bond motifs is 1. The van der Waals surface area contributed by atoms with E-state index < -0.39 is 71.4 Å². The number of nitrogens with two attached hydrogens (primary N) is 1. The monoisotopic (exact) mass is 529 g/mol. The Morgan fingerprint density at radius 2 is 1.69 bits per heavy atom. The predicted molar refractivity (Wildman–Crippen MR) is 105 cm³/mol. The summed E-state index contributed by atoms with van der Waals surface area (Å²) < 4.78 is 121. The number of anilines is 1. The first-order valence-electron chi connectivity index (χ1n) is 9.90. The smallest absolute Gasteiger partial charge is 0.369 e. The number of rotatable bonds is 5. The van der Waals surface area contributed by atoms with E-state index in [2.05, 4.69) is 5.32 Å². The van der Waals surface area contributed by atoms with Crippen LogP contribution in [0.25, 0.3) is 0 Å². The first-order valence-corrected chi connectivity index (χ1v) is 9.90. The van der Waals surface area contributed by atoms with Crippen molar-refractivity contribution in [3.05, 3.63) is 64.5 Å². The molecule has 0 saturated carbocycles. The summed E-state index contributed by atoms with van der Waals surface area (Å²) in [7, 11) is 0. The van der Waals surface area contributed by atoms with E-state index in [0.717, 1.165) is 12.1 Å². The second-order valence-corrected chi connectivity index (χ2v) is 7.89. The highest BCUT2D eigenvalue weighted by Crippen LogP contribution is 2.50. The predicted octanol–water partition coefficient (Wildman–Crippen LogP) is 4.20. The molecule has 0 aromatic heterocycles. The van der Waals surface area contributed by atoms with Crippen LogP contribution in [0.2, 0.25) is 0 Å². The van der Waals surface area contributed by atoms with Crippen molar-refractivity contribution in [2.45, 2.75) is 43.4 Å². The lowest BCUT2D eigenvalue weighted by Gasteiger charge is -2.35. The van der Waals surface area contributed by atoms with Crippen molar-refractivity contribution in [2.75, 3.05) is 4.90 Å². The van der Waals surface area contributed by atoms with Crippen molar-refractivity contribution in [1.29, 1.82) is 0 Å². The summed E-state index contributed by atoms with van der Waals surface area (Å²) in [6.45, 7) is -1.03. The minimum absolute atomic E-state index is 0.0748. The first kappa shape index (κ1) is 27.1. The second-order valence-electron chi connectivity index (χ2n) is 7.89. The number of nitrogens with zero attached hydrogens (tertiary/aromatic N) is 1. The maximum Gasteiger partial charge on any atom is 0.430 e. The summed E-state index contributed by atoms with van der Waals surface area (Å²) in [6.07, 6.45) is -15.8. The summed E-state index contributed by atoms with van der Waals surface area (Å²) in [5.41, 5.74) is -3.66. The van der Waals surface area contributed by atoms with Gasteiger partial charge < -0.3 is 21.1 Å². The lowest BCUT2D eigenvalue weighted by Crippen LogP contribution is -2.54. The molecule has 1 heterocycles. The molecule has 3 amide bonds. The van der Waals surface area contributed by atoms with Gasteiger partial charge >= 0.3 is 18.4 Å². The fraction of sp³-hybridized carbons (Fsp3) is 0.333. The Bertz CT molecular complexity index is 1170. The molecular weight excluding hydrogens is 513 g/mol. The lowest BCUT2D eigenvalue weighted by molar-refractivity contribution is -0.376. The Kier molecular flexibility index (Phi) is 6.92. The molecule has 3 rings (SSSR count). The van der Waals surface area contributed by atoms with Crippen molar-refractivity contribution in [3.8, 4) is 0 Å². The number of halogens is 9. The Hall–Kier alpha value is -3.49. The number of hydrogen-bond donors (Lipinski definition) is 3. The van der Waals surface area contributed by atoms with E-state index in [1.165, 1.54) is 6.07 Å². The van der Waals surface area contributed by atoms with Crippen LogP contribution in [0.3, 0.4) is 0 Å². The van der Waals surface area contributed by atoms with Crippen molar-refractivity contribution < 1.29 is 54.2 Å². The van der Waals surface area contributed by atoms with E-state index in [4.69, 9.17) is 5.73 Å². The standard InChI is InChI=1S/C21H16F9N3O3/c22-13-4-3-12(19(36,20(25,26)27)21(28,29)30)5-11(13)8-33-15-7-10(16(23)24)2-1-9(15)6-14(17(33)34)32-18(31)35/h1-5,7,14,16,36H,6,8H2,(H3,31,32,35)/t14-/m1/s1. The summed E-state index contributed by atoms with van der Waals surface area (Å²) in [6, 6.07) is 0.871. The number of benzene rings is 2. The molecule has 196 valence electrons. The molecule has 0 radical (unpaired) electrons. The zero-order valence-electron chi connectivity index (χ0n) is 17.7. The van der Waals surface area contributed by atoms with Gasteiger partial charge in [0.15, 0.2) is 0 Å². The van der Waals surface area contributed by atoms with Crippen LogP contribution in [-0.4, -0.2) is 35.4 Å². The number of primary amides is 1. The molecule has 0 fully saturated rings. The van der Waals surface area contributed by atoms with Gasteiger partial charge in [0.05, 0.1) is 6.54 Å². The number of alkyl halides is 8. The summed E-state index contributed by atoms with van der Waals surface area (Å²) in [4.78, 5) is 24.8. The van der Waals surface area contributed by atoms with Crippen LogP contribution in [0.4, 0.5) is 50.0 Å². The SMILES string of the molecule is NC(=O)N[C@@H]1Cc2ccc(C(F)F)cc2N(Cc2cc(C(O)(C(F)(F)F)C(F)(F)F)ccc2F)C1=O. The van der Waals surface area contributed by atoms with Gasteiger partial charge in [0.1, 0.15) is 11.9 Å². The van der Waals surface area contributed by atoms with Crippen molar-refractivity contribution in [1.82, 2.24) is 5.32 Å². The third-order valence-corrected chi connectivity index (χ3v) is 5.57. The Morgan fingerprint density at radius 3 is 2.22 bits per heavy atom. The fourth-order valence-electron chi connectivity index (χ4n) is 3.78. The molecule has 0 bridgehead atoms. The van der Waals surface area contributed by atoms with Gasteiger partial charge in [0.25, 0.3) is 12.0 Å². The summed E-state index contributed by atoms with van der Waals surface area (Å²) in [5, 5.41) is 11.7. The molecular formula is C21H16F9N3O3. The highest BCUT2D eigenvalue weighted by atomic mass is 19.4.